The first-order chi connectivity index (χ1) is 9.10. The van der Waals surface area contributed by atoms with Crippen LogP contribution >= 0.6 is 11.8 Å². The molecule has 0 spiro atoms. The van der Waals surface area contributed by atoms with Crippen molar-refractivity contribution < 1.29 is 9.18 Å². The molecule has 0 amide bonds. The first-order valence-corrected chi connectivity index (χ1v) is 6.94. The van der Waals surface area contributed by atoms with Gasteiger partial charge in [-0.15, -0.1) is 0 Å². The average Bonchev–Trinajstić information content (AvgIpc) is 2.41. The summed E-state index contributed by atoms with van der Waals surface area (Å²) in [7, 11) is 0. The van der Waals surface area contributed by atoms with Crippen LogP contribution in [0.5, 0.6) is 0 Å². The van der Waals surface area contributed by atoms with Crippen LogP contribution in [0.1, 0.15) is 35.7 Å². The van der Waals surface area contributed by atoms with Crippen molar-refractivity contribution in [2.75, 3.05) is 0 Å². The van der Waals surface area contributed by atoms with Crippen LogP contribution in [0.3, 0.4) is 0 Å². The fourth-order valence-corrected chi connectivity index (χ4v) is 2.54. The number of hydrogen-bond acceptors (Lipinski definition) is 2. The maximum atomic E-state index is 13.8. The molecule has 0 aliphatic carbocycles. The van der Waals surface area contributed by atoms with Gasteiger partial charge in [-0.2, -0.15) is 0 Å². The standard InChI is InChI=1S/C16H15FOS/c1-11(2)13-4-6-14(7-5-13)19-16-8-3-12(10-18)9-15(16)17/h3-11H,1-2H3. The Morgan fingerprint density at radius 1 is 1.11 bits per heavy atom. The molecule has 0 aliphatic heterocycles. The van der Waals surface area contributed by atoms with Gasteiger partial charge < -0.3 is 0 Å². The highest BCUT2D eigenvalue weighted by molar-refractivity contribution is 7.99. The largest absolute Gasteiger partial charge is 0.298 e. The lowest BCUT2D eigenvalue weighted by Gasteiger charge is -2.07. The predicted molar refractivity (Wildman–Crippen MR) is 76.4 cm³/mol. The van der Waals surface area contributed by atoms with Gasteiger partial charge in [-0.25, -0.2) is 4.39 Å². The molecular formula is C16H15FOS. The fraction of sp³-hybridized carbons (Fsp3) is 0.188. The Balaban J connectivity index is 2.19. The van der Waals surface area contributed by atoms with Gasteiger partial charge in [-0.1, -0.05) is 43.8 Å². The third-order valence-corrected chi connectivity index (χ3v) is 3.93. The smallest absolute Gasteiger partial charge is 0.150 e. The summed E-state index contributed by atoms with van der Waals surface area (Å²) in [6.07, 6.45) is 0.648. The molecule has 0 atom stereocenters. The minimum Gasteiger partial charge on any atom is -0.298 e. The van der Waals surface area contributed by atoms with Crippen LogP contribution in [0.25, 0.3) is 0 Å². The molecule has 2 rings (SSSR count). The van der Waals surface area contributed by atoms with E-state index in [1.807, 2.05) is 12.1 Å². The second-order valence-electron chi connectivity index (χ2n) is 4.63. The lowest BCUT2D eigenvalue weighted by molar-refractivity contribution is 0.112. The van der Waals surface area contributed by atoms with E-state index >= 15 is 0 Å². The van der Waals surface area contributed by atoms with E-state index in [9.17, 15) is 9.18 Å². The molecular weight excluding hydrogens is 259 g/mol. The van der Waals surface area contributed by atoms with Crippen molar-refractivity contribution in [1.29, 1.82) is 0 Å². The summed E-state index contributed by atoms with van der Waals surface area (Å²) in [6, 6.07) is 12.6. The summed E-state index contributed by atoms with van der Waals surface area (Å²) in [5.41, 5.74) is 1.62. The van der Waals surface area contributed by atoms with Crippen molar-refractivity contribution in [3.8, 4) is 0 Å². The van der Waals surface area contributed by atoms with E-state index in [1.54, 1.807) is 12.1 Å². The lowest BCUT2D eigenvalue weighted by Crippen LogP contribution is -1.87. The summed E-state index contributed by atoms with van der Waals surface area (Å²) >= 11 is 1.36. The first kappa shape index (κ1) is 13.8. The molecule has 0 radical (unpaired) electrons. The van der Waals surface area contributed by atoms with Gasteiger partial charge in [-0.05, 0) is 35.7 Å². The van der Waals surface area contributed by atoms with E-state index in [-0.39, 0.29) is 5.82 Å². The van der Waals surface area contributed by atoms with E-state index in [0.717, 1.165) is 4.90 Å². The molecule has 3 heteroatoms. The molecule has 19 heavy (non-hydrogen) atoms. The summed E-state index contributed by atoms with van der Waals surface area (Å²) in [4.78, 5) is 12.1. The number of carbonyl (C=O) groups is 1. The fourth-order valence-electron chi connectivity index (χ4n) is 1.72. The van der Waals surface area contributed by atoms with E-state index in [0.29, 0.717) is 22.7 Å². The van der Waals surface area contributed by atoms with E-state index < -0.39 is 0 Å². The average molecular weight is 274 g/mol. The van der Waals surface area contributed by atoms with Gasteiger partial charge in [0, 0.05) is 15.4 Å². The van der Waals surface area contributed by atoms with Crippen molar-refractivity contribution in [3.05, 3.63) is 59.4 Å². The Hall–Kier alpha value is -1.61. The molecule has 0 N–H and O–H groups in total. The molecule has 0 fully saturated rings. The zero-order chi connectivity index (χ0) is 13.8. The maximum Gasteiger partial charge on any atom is 0.150 e. The number of benzene rings is 2. The van der Waals surface area contributed by atoms with Crippen LogP contribution in [-0.2, 0) is 0 Å². The summed E-state index contributed by atoms with van der Waals surface area (Å²) < 4.78 is 13.8. The Bertz CT molecular complexity index is 576. The van der Waals surface area contributed by atoms with Gasteiger partial charge in [-0.3, -0.25) is 4.79 Å². The molecule has 0 heterocycles. The van der Waals surface area contributed by atoms with Gasteiger partial charge in [0.2, 0.25) is 0 Å². The minimum absolute atomic E-state index is 0.358. The van der Waals surface area contributed by atoms with Crippen molar-refractivity contribution in [2.24, 2.45) is 0 Å². The number of carbonyl (C=O) groups excluding carboxylic acids is 1. The van der Waals surface area contributed by atoms with Crippen molar-refractivity contribution in [1.82, 2.24) is 0 Å². The third-order valence-electron chi connectivity index (χ3n) is 2.87. The SMILES string of the molecule is CC(C)c1ccc(Sc2ccc(C=O)cc2F)cc1. The first-order valence-electron chi connectivity index (χ1n) is 6.12. The molecule has 2 aromatic carbocycles. The molecule has 0 aromatic heterocycles. The van der Waals surface area contributed by atoms with Crippen molar-refractivity contribution in [3.63, 3.8) is 0 Å². The quantitative estimate of drug-likeness (QED) is 0.737. The van der Waals surface area contributed by atoms with Crippen LogP contribution in [-0.4, -0.2) is 6.29 Å². The number of hydrogen-bond donors (Lipinski definition) is 0. The molecule has 2 aromatic rings. The number of halogens is 1. The predicted octanol–water partition coefficient (Wildman–Crippen LogP) is 4.91. The molecule has 0 saturated carbocycles. The van der Waals surface area contributed by atoms with E-state index in [4.69, 9.17) is 0 Å². The maximum absolute atomic E-state index is 13.8. The molecule has 98 valence electrons. The van der Waals surface area contributed by atoms with Gasteiger partial charge >= 0.3 is 0 Å². The number of rotatable bonds is 4. The highest BCUT2D eigenvalue weighted by Gasteiger charge is 2.06. The van der Waals surface area contributed by atoms with Crippen LogP contribution < -0.4 is 0 Å². The van der Waals surface area contributed by atoms with E-state index in [1.165, 1.54) is 23.4 Å². The highest BCUT2D eigenvalue weighted by atomic mass is 32.2. The summed E-state index contributed by atoms with van der Waals surface area (Å²) in [5.74, 6) is 0.130. The van der Waals surface area contributed by atoms with Crippen molar-refractivity contribution >= 4 is 18.0 Å². The Kier molecular flexibility index (Phi) is 4.38. The number of aldehydes is 1. The Labute approximate surface area is 116 Å². The molecule has 0 bridgehead atoms. The normalized spacial score (nSPS) is 10.7. The zero-order valence-corrected chi connectivity index (χ0v) is 11.7. The zero-order valence-electron chi connectivity index (χ0n) is 10.9. The van der Waals surface area contributed by atoms with E-state index in [2.05, 4.69) is 26.0 Å². The van der Waals surface area contributed by atoms with Gasteiger partial charge in [0.15, 0.2) is 0 Å². The van der Waals surface area contributed by atoms with Gasteiger partial charge in [0.1, 0.15) is 12.1 Å². The van der Waals surface area contributed by atoms with Gasteiger partial charge in [0.25, 0.3) is 0 Å². The Morgan fingerprint density at radius 2 is 1.79 bits per heavy atom. The monoisotopic (exact) mass is 274 g/mol. The van der Waals surface area contributed by atoms with Crippen LogP contribution in [0.4, 0.5) is 4.39 Å². The van der Waals surface area contributed by atoms with Crippen molar-refractivity contribution in [2.45, 2.75) is 29.6 Å². The molecule has 0 aliphatic rings. The molecule has 1 nitrogen and oxygen atoms in total. The van der Waals surface area contributed by atoms with Crippen LogP contribution in [0.15, 0.2) is 52.3 Å². The third kappa shape index (κ3) is 3.44. The van der Waals surface area contributed by atoms with Crippen LogP contribution in [0, 0.1) is 5.82 Å². The second kappa shape index (κ2) is 6.02. The molecule has 0 saturated heterocycles. The topological polar surface area (TPSA) is 17.1 Å². The summed E-state index contributed by atoms with van der Waals surface area (Å²) in [5, 5.41) is 0. The Morgan fingerprint density at radius 3 is 2.32 bits per heavy atom. The minimum atomic E-state index is -0.359. The summed E-state index contributed by atoms with van der Waals surface area (Å²) in [6.45, 7) is 4.28. The van der Waals surface area contributed by atoms with Gasteiger partial charge in [0.05, 0.1) is 0 Å². The second-order valence-corrected chi connectivity index (χ2v) is 5.75. The van der Waals surface area contributed by atoms with Crippen LogP contribution in [0.2, 0.25) is 0 Å². The molecule has 0 unspecified atom stereocenters. The lowest BCUT2D eigenvalue weighted by atomic mass is 10.0. The highest BCUT2D eigenvalue weighted by Crippen LogP contribution is 2.31.